The van der Waals surface area contributed by atoms with Crippen LogP contribution in [0.2, 0.25) is 31.5 Å². The van der Waals surface area contributed by atoms with Crippen molar-refractivity contribution in [2.75, 3.05) is 0 Å². The van der Waals surface area contributed by atoms with Gasteiger partial charge in [0.2, 0.25) is 0 Å². The van der Waals surface area contributed by atoms with Crippen molar-refractivity contribution in [3.63, 3.8) is 0 Å². The van der Waals surface area contributed by atoms with Crippen LogP contribution in [0.3, 0.4) is 0 Å². The van der Waals surface area contributed by atoms with Crippen LogP contribution in [0, 0.1) is 5.92 Å². The third kappa shape index (κ3) is 3.15. The zero-order valence-corrected chi connectivity index (χ0v) is 19.2. The third-order valence-corrected chi connectivity index (χ3v) is 47.0. The maximum atomic E-state index is 2.77. The maximum absolute atomic E-state index is 2.77. The monoisotopic (exact) mass is 404 g/mol. The summed E-state index contributed by atoms with van der Waals surface area (Å²) in [7, 11) is 0. The minimum atomic E-state index is -2.18. The van der Waals surface area contributed by atoms with E-state index in [-0.39, 0.29) is 0 Å². The summed E-state index contributed by atoms with van der Waals surface area (Å²) in [5.41, 5.74) is 4.45. The van der Waals surface area contributed by atoms with Crippen LogP contribution in [-0.2, 0) is 19.4 Å². The van der Waals surface area contributed by atoms with E-state index in [1.807, 2.05) is 5.57 Å². The predicted molar refractivity (Wildman–Crippen MR) is 103 cm³/mol. The molecule has 1 saturated carbocycles. The summed E-state index contributed by atoms with van der Waals surface area (Å²) >= 11 is -2.18. The first-order chi connectivity index (χ1) is 10.9. The standard InChI is InChI=1S/C11H17Si.C8H11.2CH3.Zr/c1-12(2)11-8-7-9-5-3-4-6-10(9)11;1-2-5-8-6-3-4-7-8;;;/h3-4,6,9,11H,5,7-8H2,1-2H3;3-4,6-7H,2,5H2,1H3;2*1H3;. The molecule has 0 saturated heterocycles. The van der Waals surface area contributed by atoms with Gasteiger partial charge in [0, 0.05) is 0 Å². The van der Waals surface area contributed by atoms with Crippen LogP contribution >= 0.6 is 0 Å². The molecular weight excluding hydrogens is 372 g/mol. The third-order valence-electron chi connectivity index (χ3n) is 7.34. The number of hydrogen-bond donors (Lipinski definition) is 0. The summed E-state index contributed by atoms with van der Waals surface area (Å²) in [5, 5.41) is -1.21. The predicted octanol–water partition coefficient (Wildman–Crippen LogP) is 7.19. The molecule has 0 aliphatic heterocycles. The molecule has 0 aromatic carbocycles. The quantitative estimate of drug-likeness (QED) is 0.424. The van der Waals surface area contributed by atoms with Crippen LogP contribution in [0.1, 0.15) is 39.0 Å². The van der Waals surface area contributed by atoms with E-state index in [1.54, 1.807) is 5.57 Å². The molecule has 0 N–H and O–H groups in total. The first kappa shape index (κ1) is 17.9. The van der Waals surface area contributed by atoms with Crippen molar-refractivity contribution in [2.24, 2.45) is 5.92 Å². The molecule has 0 aromatic heterocycles. The summed E-state index contributed by atoms with van der Waals surface area (Å²) < 4.78 is 6.40. The molecule has 3 aliphatic rings. The molecule has 0 aromatic rings. The molecule has 23 heavy (non-hydrogen) atoms. The second kappa shape index (κ2) is 6.75. The van der Waals surface area contributed by atoms with Gasteiger partial charge in [-0.15, -0.1) is 0 Å². The fourth-order valence-corrected chi connectivity index (χ4v) is 28.1. The molecule has 0 amide bonds. The van der Waals surface area contributed by atoms with E-state index in [1.165, 1.54) is 32.1 Å². The van der Waals surface area contributed by atoms with E-state index >= 15 is 0 Å². The first-order valence-corrected chi connectivity index (χ1v) is 22.7. The van der Waals surface area contributed by atoms with Gasteiger partial charge in [-0.25, -0.2) is 0 Å². The fourth-order valence-electron chi connectivity index (χ4n) is 5.04. The Balaban J connectivity index is 1.85. The van der Waals surface area contributed by atoms with Gasteiger partial charge in [0.05, 0.1) is 0 Å². The molecule has 0 spiro atoms. The number of allylic oxidation sites excluding steroid dienone is 8. The van der Waals surface area contributed by atoms with Crippen molar-refractivity contribution in [1.29, 1.82) is 0 Å². The molecule has 1 fully saturated rings. The van der Waals surface area contributed by atoms with Gasteiger partial charge >= 0.3 is 149 Å². The van der Waals surface area contributed by atoms with Crippen molar-refractivity contribution in [3.8, 4) is 0 Å². The first-order valence-electron chi connectivity index (χ1n) is 9.63. The Kier molecular flexibility index (Phi) is 5.25. The SMILES string of the molecule is CCCC1=C[CH]([Zr]([CH3])([CH3])[Si](C)(C)C2CCC3CC=CC=C32)C=C1. The Labute approximate surface area is 148 Å². The van der Waals surface area contributed by atoms with Gasteiger partial charge in [-0.1, -0.05) is 0 Å². The molecule has 0 bridgehead atoms. The summed E-state index contributed by atoms with van der Waals surface area (Å²) in [6, 6.07) is 0. The molecule has 0 heterocycles. The van der Waals surface area contributed by atoms with E-state index in [0.717, 1.165) is 15.1 Å². The van der Waals surface area contributed by atoms with Crippen molar-refractivity contribution in [3.05, 3.63) is 47.6 Å². The summed E-state index contributed by atoms with van der Waals surface area (Å²) in [6.45, 7) is 7.82. The Morgan fingerprint density at radius 2 is 2.00 bits per heavy atom. The molecule has 0 radical (unpaired) electrons. The van der Waals surface area contributed by atoms with Gasteiger partial charge in [-0.2, -0.15) is 0 Å². The van der Waals surface area contributed by atoms with Crippen molar-refractivity contribution >= 4 is 5.20 Å². The second-order valence-electron chi connectivity index (χ2n) is 8.98. The number of rotatable bonds is 5. The van der Waals surface area contributed by atoms with Crippen molar-refractivity contribution in [1.82, 2.24) is 0 Å². The van der Waals surface area contributed by atoms with E-state index in [9.17, 15) is 0 Å². The Bertz CT molecular complexity index is 577. The Morgan fingerprint density at radius 3 is 2.74 bits per heavy atom. The van der Waals surface area contributed by atoms with Gasteiger partial charge in [-0.05, 0) is 0 Å². The molecule has 3 rings (SSSR count). The minimum absolute atomic E-state index is 0.853. The van der Waals surface area contributed by atoms with Gasteiger partial charge in [-0.3, -0.25) is 0 Å². The molecule has 2 heteroatoms. The topological polar surface area (TPSA) is 0 Å². The number of hydrogen-bond acceptors (Lipinski definition) is 0. The van der Waals surface area contributed by atoms with Gasteiger partial charge in [0.15, 0.2) is 0 Å². The van der Waals surface area contributed by atoms with Gasteiger partial charge in [0.1, 0.15) is 0 Å². The molecule has 0 nitrogen and oxygen atoms in total. The zero-order chi connectivity index (χ0) is 16.7. The van der Waals surface area contributed by atoms with E-state index < -0.39 is 24.6 Å². The van der Waals surface area contributed by atoms with Crippen LogP contribution < -0.4 is 0 Å². The van der Waals surface area contributed by atoms with E-state index in [4.69, 9.17) is 0 Å². The second-order valence-corrected chi connectivity index (χ2v) is 40.3. The Morgan fingerprint density at radius 1 is 1.22 bits per heavy atom. The zero-order valence-electron chi connectivity index (χ0n) is 15.7. The Hall–Kier alpha value is 0.0600. The van der Waals surface area contributed by atoms with Gasteiger partial charge < -0.3 is 0 Å². The molecule has 126 valence electrons. The average Bonchev–Trinajstić information content (AvgIpc) is 3.14. The molecule has 3 atom stereocenters. The van der Waals surface area contributed by atoms with E-state index in [0.29, 0.717) is 0 Å². The normalized spacial score (nSPS) is 30.4. The average molecular weight is 406 g/mol. The van der Waals surface area contributed by atoms with E-state index in [2.05, 4.69) is 65.7 Å². The van der Waals surface area contributed by atoms with Crippen LogP contribution in [0.4, 0.5) is 0 Å². The van der Waals surface area contributed by atoms with Crippen LogP contribution in [-0.4, -0.2) is 5.20 Å². The molecule has 3 unspecified atom stereocenters. The van der Waals surface area contributed by atoms with Gasteiger partial charge in [0.25, 0.3) is 0 Å². The van der Waals surface area contributed by atoms with Crippen LogP contribution in [0.15, 0.2) is 47.6 Å². The van der Waals surface area contributed by atoms with Crippen molar-refractivity contribution < 1.29 is 19.4 Å². The summed E-state index contributed by atoms with van der Waals surface area (Å²) in [4.78, 5) is 0. The van der Waals surface area contributed by atoms with Crippen LogP contribution in [0.5, 0.6) is 0 Å². The molecule has 3 aliphatic carbocycles. The summed E-state index contributed by atoms with van der Waals surface area (Å²) in [5.74, 6) is 0.893. The van der Waals surface area contributed by atoms with Crippen molar-refractivity contribution in [2.45, 2.75) is 70.6 Å². The molecular formula is C21H34SiZr. The van der Waals surface area contributed by atoms with Crippen LogP contribution in [0.25, 0.3) is 0 Å². The fraction of sp³-hybridized carbons (Fsp3) is 0.619. The number of fused-ring (bicyclic) bond motifs is 1. The summed E-state index contributed by atoms with van der Waals surface area (Å²) in [6.07, 6.45) is 21.8.